The molecule has 2 rings (SSSR count). The van der Waals surface area contributed by atoms with Crippen molar-refractivity contribution >= 4 is 23.3 Å². The van der Waals surface area contributed by atoms with E-state index in [2.05, 4.69) is 5.16 Å². The van der Waals surface area contributed by atoms with E-state index >= 15 is 0 Å². The number of halogens is 1. The molecule has 1 aliphatic carbocycles. The first-order chi connectivity index (χ1) is 9.61. The minimum atomic E-state index is -0.111. The SMILES string of the molecule is NC(CN(C(=O)c1ccc(Cl)cc1)C1CCCC1)=NO. The molecule has 0 aliphatic heterocycles. The number of oxime groups is 1. The fourth-order valence-corrected chi connectivity index (χ4v) is 2.67. The highest BCUT2D eigenvalue weighted by atomic mass is 35.5. The lowest BCUT2D eigenvalue weighted by Crippen LogP contribution is -2.44. The quantitative estimate of drug-likeness (QED) is 0.388. The Morgan fingerprint density at radius 1 is 1.35 bits per heavy atom. The molecule has 0 spiro atoms. The number of rotatable bonds is 4. The van der Waals surface area contributed by atoms with Crippen LogP contribution < -0.4 is 5.73 Å². The lowest BCUT2D eigenvalue weighted by Gasteiger charge is -2.28. The molecule has 1 aromatic carbocycles. The minimum absolute atomic E-state index is 0.0409. The van der Waals surface area contributed by atoms with Crippen LogP contribution in [-0.4, -0.2) is 34.4 Å². The molecule has 1 aromatic rings. The number of amides is 1. The van der Waals surface area contributed by atoms with Gasteiger partial charge in [0.2, 0.25) is 0 Å². The van der Waals surface area contributed by atoms with Crippen molar-refractivity contribution in [3.05, 3.63) is 34.9 Å². The largest absolute Gasteiger partial charge is 0.409 e. The summed E-state index contributed by atoms with van der Waals surface area (Å²) in [6.45, 7) is 0.141. The summed E-state index contributed by atoms with van der Waals surface area (Å²) in [4.78, 5) is 14.3. The van der Waals surface area contributed by atoms with Gasteiger partial charge in [-0.2, -0.15) is 0 Å². The molecule has 1 amide bonds. The van der Waals surface area contributed by atoms with Gasteiger partial charge in [-0.1, -0.05) is 29.6 Å². The van der Waals surface area contributed by atoms with Crippen LogP contribution in [0.4, 0.5) is 0 Å². The molecule has 1 saturated carbocycles. The molecular weight excluding hydrogens is 278 g/mol. The Morgan fingerprint density at radius 3 is 2.50 bits per heavy atom. The highest BCUT2D eigenvalue weighted by Crippen LogP contribution is 2.25. The standard InChI is InChI=1S/C14H18ClN3O2/c15-11-7-5-10(6-8-11)14(19)18(9-13(16)17-20)12-3-1-2-4-12/h5-8,12,20H,1-4,9H2,(H2,16,17). The third kappa shape index (κ3) is 3.42. The van der Waals surface area contributed by atoms with E-state index in [0.717, 1.165) is 25.7 Å². The molecule has 0 unspecified atom stereocenters. The Hall–Kier alpha value is -1.75. The number of amidine groups is 1. The van der Waals surface area contributed by atoms with Crippen LogP contribution >= 0.6 is 11.6 Å². The van der Waals surface area contributed by atoms with Crippen molar-refractivity contribution in [3.8, 4) is 0 Å². The Bertz CT molecular complexity index is 496. The van der Waals surface area contributed by atoms with Crippen molar-refractivity contribution in [3.63, 3.8) is 0 Å². The van der Waals surface area contributed by atoms with E-state index < -0.39 is 0 Å². The summed E-state index contributed by atoms with van der Waals surface area (Å²) in [7, 11) is 0. The van der Waals surface area contributed by atoms with Crippen LogP contribution in [0.1, 0.15) is 36.0 Å². The van der Waals surface area contributed by atoms with Crippen LogP contribution in [-0.2, 0) is 0 Å². The van der Waals surface area contributed by atoms with Crippen LogP contribution in [0.3, 0.4) is 0 Å². The van der Waals surface area contributed by atoms with Gasteiger partial charge in [-0.25, -0.2) is 0 Å². The molecule has 0 heterocycles. The zero-order valence-corrected chi connectivity index (χ0v) is 11.9. The number of hydrogen-bond acceptors (Lipinski definition) is 3. The average Bonchev–Trinajstić information content (AvgIpc) is 2.98. The maximum atomic E-state index is 12.6. The van der Waals surface area contributed by atoms with E-state index in [1.165, 1.54) is 0 Å². The predicted octanol–water partition coefficient (Wildman–Crippen LogP) is 2.47. The van der Waals surface area contributed by atoms with Gasteiger partial charge < -0.3 is 15.8 Å². The molecule has 0 atom stereocenters. The van der Waals surface area contributed by atoms with Crippen molar-refractivity contribution in [2.24, 2.45) is 10.9 Å². The number of hydrogen-bond donors (Lipinski definition) is 2. The zero-order valence-electron chi connectivity index (χ0n) is 11.1. The van der Waals surface area contributed by atoms with Gasteiger partial charge in [-0.15, -0.1) is 0 Å². The number of carbonyl (C=O) groups excluding carboxylic acids is 1. The molecule has 3 N–H and O–H groups in total. The van der Waals surface area contributed by atoms with Gasteiger partial charge in [0, 0.05) is 16.6 Å². The van der Waals surface area contributed by atoms with E-state index in [9.17, 15) is 4.79 Å². The highest BCUT2D eigenvalue weighted by Gasteiger charge is 2.28. The summed E-state index contributed by atoms with van der Waals surface area (Å²) in [5.74, 6) is -0.0700. The summed E-state index contributed by atoms with van der Waals surface area (Å²) in [6.07, 6.45) is 4.12. The average molecular weight is 296 g/mol. The van der Waals surface area contributed by atoms with Gasteiger partial charge in [0.1, 0.15) is 0 Å². The monoisotopic (exact) mass is 295 g/mol. The molecule has 0 aromatic heterocycles. The molecule has 0 radical (unpaired) electrons. The summed E-state index contributed by atoms with van der Waals surface area (Å²) in [6, 6.07) is 6.91. The predicted molar refractivity (Wildman–Crippen MR) is 78.2 cm³/mol. The maximum absolute atomic E-state index is 12.6. The summed E-state index contributed by atoms with van der Waals surface area (Å²) >= 11 is 5.83. The van der Waals surface area contributed by atoms with Crippen molar-refractivity contribution in [1.29, 1.82) is 0 Å². The Morgan fingerprint density at radius 2 is 1.95 bits per heavy atom. The van der Waals surface area contributed by atoms with Crippen LogP contribution in [0.2, 0.25) is 5.02 Å². The van der Waals surface area contributed by atoms with Crippen molar-refractivity contribution < 1.29 is 10.0 Å². The van der Waals surface area contributed by atoms with Gasteiger partial charge in [-0.05, 0) is 37.1 Å². The first-order valence-corrected chi connectivity index (χ1v) is 7.02. The first kappa shape index (κ1) is 14.7. The van der Waals surface area contributed by atoms with Gasteiger partial charge in [0.25, 0.3) is 5.91 Å². The molecule has 0 saturated heterocycles. The highest BCUT2D eigenvalue weighted by molar-refractivity contribution is 6.30. The summed E-state index contributed by atoms with van der Waals surface area (Å²) in [5, 5.41) is 12.3. The van der Waals surface area contributed by atoms with E-state index in [4.69, 9.17) is 22.5 Å². The molecule has 6 heteroatoms. The number of nitrogens with two attached hydrogens (primary N) is 1. The van der Waals surface area contributed by atoms with E-state index in [1.54, 1.807) is 29.2 Å². The number of nitrogens with zero attached hydrogens (tertiary/aromatic N) is 2. The van der Waals surface area contributed by atoms with Gasteiger partial charge in [0.15, 0.2) is 5.84 Å². The molecule has 5 nitrogen and oxygen atoms in total. The van der Waals surface area contributed by atoms with Crippen LogP contribution in [0.15, 0.2) is 29.4 Å². The summed E-state index contributed by atoms with van der Waals surface area (Å²) < 4.78 is 0. The molecule has 0 bridgehead atoms. The molecular formula is C14H18ClN3O2. The Labute approximate surface area is 123 Å². The number of benzene rings is 1. The van der Waals surface area contributed by atoms with Gasteiger partial charge in [0.05, 0.1) is 6.54 Å². The van der Waals surface area contributed by atoms with E-state index in [-0.39, 0.29) is 24.3 Å². The zero-order chi connectivity index (χ0) is 14.5. The fraction of sp³-hybridized carbons (Fsp3) is 0.429. The molecule has 1 fully saturated rings. The van der Waals surface area contributed by atoms with E-state index in [0.29, 0.717) is 10.6 Å². The fourth-order valence-electron chi connectivity index (χ4n) is 2.55. The molecule has 1 aliphatic rings. The maximum Gasteiger partial charge on any atom is 0.254 e. The van der Waals surface area contributed by atoms with Crippen LogP contribution in [0.25, 0.3) is 0 Å². The molecule has 108 valence electrons. The third-order valence-corrected chi connectivity index (χ3v) is 3.83. The third-order valence-electron chi connectivity index (χ3n) is 3.58. The van der Waals surface area contributed by atoms with Crippen LogP contribution in [0, 0.1) is 0 Å². The first-order valence-electron chi connectivity index (χ1n) is 6.64. The van der Waals surface area contributed by atoms with Crippen LogP contribution in [0.5, 0.6) is 0 Å². The van der Waals surface area contributed by atoms with Crippen molar-refractivity contribution in [1.82, 2.24) is 4.90 Å². The smallest absolute Gasteiger partial charge is 0.254 e. The second-order valence-electron chi connectivity index (χ2n) is 4.97. The lowest BCUT2D eigenvalue weighted by atomic mass is 10.1. The number of carbonyl (C=O) groups is 1. The molecule has 20 heavy (non-hydrogen) atoms. The summed E-state index contributed by atoms with van der Waals surface area (Å²) in [5.41, 5.74) is 6.13. The second-order valence-corrected chi connectivity index (χ2v) is 5.41. The lowest BCUT2D eigenvalue weighted by molar-refractivity contribution is 0.0712. The van der Waals surface area contributed by atoms with Crippen molar-refractivity contribution in [2.45, 2.75) is 31.7 Å². The topological polar surface area (TPSA) is 78.9 Å². The Kier molecular flexibility index (Phi) is 4.84. The Balaban J connectivity index is 2.20. The normalized spacial score (nSPS) is 16.4. The van der Waals surface area contributed by atoms with E-state index in [1.807, 2.05) is 0 Å². The van der Waals surface area contributed by atoms with Gasteiger partial charge >= 0.3 is 0 Å². The minimum Gasteiger partial charge on any atom is -0.409 e. The van der Waals surface area contributed by atoms with Gasteiger partial charge in [-0.3, -0.25) is 4.79 Å². The second kappa shape index (κ2) is 6.61. The van der Waals surface area contributed by atoms with Crippen molar-refractivity contribution in [2.75, 3.05) is 6.54 Å².